The Hall–Kier alpha value is -3.66. The van der Waals surface area contributed by atoms with Crippen molar-refractivity contribution in [2.75, 3.05) is 30.9 Å². The van der Waals surface area contributed by atoms with Crippen molar-refractivity contribution in [3.8, 4) is 6.07 Å². The molecule has 1 saturated carbocycles. The van der Waals surface area contributed by atoms with Crippen molar-refractivity contribution in [3.63, 3.8) is 0 Å². The first-order valence-corrected chi connectivity index (χ1v) is 17.9. The molecule has 12 heteroatoms. The van der Waals surface area contributed by atoms with Crippen LogP contribution in [0, 0.1) is 23.1 Å². The first-order valence-electron chi connectivity index (χ1n) is 16.4. The number of anilines is 2. The number of carbonyl (C=O) groups is 2. The van der Waals surface area contributed by atoms with Gasteiger partial charge in [-0.1, -0.05) is 42.6 Å². The molecule has 1 aliphatic carbocycles. The molecule has 0 aromatic heterocycles. The third kappa shape index (κ3) is 8.39. The second-order valence-electron chi connectivity index (χ2n) is 13.8. The number of rotatable bonds is 11. The van der Waals surface area contributed by atoms with Crippen molar-refractivity contribution >= 4 is 46.3 Å². The third-order valence-electron chi connectivity index (χ3n) is 9.29. The topological polar surface area (TPSA) is 121 Å². The molecule has 2 aliphatic rings. The molecule has 2 fully saturated rings. The molecule has 1 heterocycles. The molecular weight excluding hydrogens is 665 g/mol. The van der Waals surface area contributed by atoms with E-state index < -0.39 is 51.5 Å². The van der Waals surface area contributed by atoms with Crippen molar-refractivity contribution in [3.05, 3.63) is 94.3 Å². The minimum atomic E-state index is -1.56. The average Bonchev–Trinajstić information content (AvgIpc) is 3.82. The fourth-order valence-electron chi connectivity index (χ4n) is 6.12. The van der Waals surface area contributed by atoms with Gasteiger partial charge in [0.25, 0.3) is 0 Å². The summed E-state index contributed by atoms with van der Waals surface area (Å²) in [6, 6.07) is 19.3. The number of hydrogen-bond donors (Lipinski definition) is 2. The molecule has 5 rings (SSSR count). The maximum atomic E-state index is 15.6. The van der Waals surface area contributed by atoms with Gasteiger partial charge in [-0.2, -0.15) is 5.26 Å². The van der Waals surface area contributed by atoms with Gasteiger partial charge < -0.3 is 19.5 Å². The zero-order valence-electron chi connectivity index (χ0n) is 28.5. The minimum Gasteiger partial charge on any atom is -0.598 e. The van der Waals surface area contributed by atoms with Crippen LogP contribution in [0.25, 0.3) is 0 Å². The summed E-state index contributed by atoms with van der Waals surface area (Å²) in [5.74, 6) is -0.697. The summed E-state index contributed by atoms with van der Waals surface area (Å²) < 4.78 is 37.7. The number of likely N-dealkylation sites (tertiary alicyclic amines) is 1. The molecule has 260 valence electrons. The smallest absolute Gasteiger partial charge is 0.324 e. The predicted molar refractivity (Wildman–Crippen MR) is 191 cm³/mol. The number of nitrogens with one attached hydrogen (secondary N) is 2. The number of amides is 3. The van der Waals surface area contributed by atoms with E-state index in [0.717, 1.165) is 24.8 Å². The monoisotopic (exact) mass is 707 g/mol. The van der Waals surface area contributed by atoms with E-state index in [9.17, 15) is 19.4 Å². The number of nitrogens with zero attached hydrogens (tertiary/aromatic N) is 3. The van der Waals surface area contributed by atoms with E-state index in [1.54, 1.807) is 61.6 Å². The van der Waals surface area contributed by atoms with Crippen LogP contribution in [0.5, 0.6) is 0 Å². The molecule has 0 spiro atoms. The van der Waals surface area contributed by atoms with Crippen LogP contribution in [0.1, 0.15) is 69.6 Å². The van der Waals surface area contributed by atoms with Crippen LogP contribution in [0.15, 0.2) is 66.7 Å². The van der Waals surface area contributed by atoms with Crippen LogP contribution in [0.4, 0.5) is 20.6 Å². The van der Waals surface area contributed by atoms with E-state index in [1.807, 2.05) is 26.8 Å². The van der Waals surface area contributed by atoms with Gasteiger partial charge in [0.15, 0.2) is 0 Å². The molecule has 3 amide bonds. The molecule has 3 aromatic carbocycles. The highest BCUT2D eigenvalue weighted by Gasteiger charge is 2.45. The highest BCUT2D eigenvalue weighted by atomic mass is 35.5. The van der Waals surface area contributed by atoms with Crippen LogP contribution in [-0.2, 0) is 26.4 Å². The Labute approximate surface area is 296 Å². The number of methoxy groups -OCH3 is 1. The van der Waals surface area contributed by atoms with Crippen molar-refractivity contribution in [2.45, 2.75) is 75.3 Å². The summed E-state index contributed by atoms with van der Waals surface area (Å²) in [6.45, 7) is 5.79. The molecule has 0 radical (unpaired) electrons. The number of halogens is 2. The normalized spacial score (nSPS) is 19.5. The Morgan fingerprint density at radius 1 is 1.12 bits per heavy atom. The summed E-state index contributed by atoms with van der Waals surface area (Å²) in [5.41, 5.74) is 1.20. The van der Waals surface area contributed by atoms with E-state index >= 15 is 4.39 Å². The Morgan fingerprint density at radius 2 is 1.82 bits per heavy atom. The molecule has 2 N–H and O–H groups in total. The zero-order chi connectivity index (χ0) is 35.5. The molecule has 4 unspecified atom stereocenters. The van der Waals surface area contributed by atoms with Gasteiger partial charge in [-0.25, -0.2) is 9.18 Å². The summed E-state index contributed by atoms with van der Waals surface area (Å²) in [6.07, 6.45) is 3.39. The number of ether oxygens (including phenoxy) is 1. The van der Waals surface area contributed by atoms with Gasteiger partial charge in [-0.05, 0) is 99.2 Å². The van der Waals surface area contributed by atoms with Crippen molar-refractivity contribution < 1.29 is 23.3 Å². The number of hydrogen-bond acceptors (Lipinski definition) is 6. The molecule has 9 nitrogen and oxygen atoms in total. The van der Waals surface area contributed by atoms with Gasteiger partial charge in [0.1, 0.15) is 22.1 Å². The maximum Gasteiger partial charge on any atom is 0.324 e. The van der Waals surface area contributed by atoms with E-state index in [1.165, 1.54) is 23.0 Å². The van der Waals surface area contributed by atoms with Crippen molar-refractivity contribution in [2.24, 2.45) is 5.92 Å². The quantitative estimate of drug-likeness (QED) is 0.205. The predicted octanol–water partition coefficient (Wildman–Crippen LogP) is 7.12. The molecule has 3 aromatic rings. The summed E-state index contributed by atoms with van der Waals surface area (Å²) >= 11 is 4.48. The summed E-state index contributed by atoms with van der Waals surface area (Å²) in [7, 11) is 3.14. The molecule has 1 aliphatic heterocycles. The second kappa shape index (κ2) is 15.1. The highest BCUT2D eigenvalue weighted by Crippen LogP contribution is 2.43. The number of benzene rings is 3. The Morgan fingerprint density at radius 3 is 2.45 bits per heavy atom. The number of urea groups is 1. The van der Waals surface area contributed by atoms with E-state index in [0.29, 0.717) is 34.2 Å². The lowest BCUT2D eigenvalue weighted by Crippen LogP contribution is -2.52. The molecule has 0 bridgehead atoms. The lowest BCUT2D eigenvalue weighted by Gasteiger charge is -2.39. The van der Waals surface area contributed by atoms with E-state index in [2.05, 4.69) is 16.1 Å². The Kier molecular flexibility index (Phi) is 11.3. The molecule has 1 saturated heterocycles. The first kappa shape index (κ1) is 36.6. The Balaban J connectivity index is 1.50. The highest BCUT2D eigenvalue weighted by molar-refractivity contribution is 7.90. The molecule has 4 atom stereocenters. The molecule has 49 heavy (non-hydrogen) atoms. The third-order valence-corrected chi connectivity index (χ3v) is 11.2. The fraction of sp³-hybridized carbons (Fsp3) is 0.432. The second-order valence-corrected chi connectivity index (χ2v) is 16.2. The Bertz CT molecular complexity index is 1710. The van der Waals surface area contributed by atoms with E-state index in [-0.39, 0.29) is 18.7 Å². The van der Waals surface area contributed by atoms with Crippen LogP contribution in [-0.4, -0.2) is 59.0 Å². The number of nitriles is 1. The number of carbonyl (C=O) groups excluding carboxylic acids is 2. The van der Waals surface area contributed by atoms with Crippen LogP contribution >= 0.6 is 11.6 Å². The van der Waals surface area contributed by atoms with Crippen LogP contribution in [0.3, 0.4) is 0 Å². The van der Waals surface area contributed by atoms with Gasteiger partial charge in [-0.15, -0.1) is 4.72 Å². The fourth-order valence-corrected chi connectivity index (χ4v) is 7.20. The molecular formula is C37H43ClFN5O4S. The van der Waals surface area contributed by atoms with E-state index in [4.69, 9.17) is 16.3 Å². The summed E-state index contributed by atoms with van der Waals surface area (Å²) in [4.78, 5) is 30.5. The first-order chi connectivity index (χ1) is 23.2. The van der Waals surface area contributed by atoms with Crippen molar-refractivity contribution in [1.82, 2.24) is 9.62 Å². The standard InChI is InChI=1S/C37H43ClFN5O4S/c1-36(2,3)49(47)42-37(18-17-24-9-10-24,26-8-6-7-25(19-26)22-40)27-11-16-31(39)32(20-27)41-34(45)33-21-30(48-5)23-44(33)35(46)43(4)29-14-12-28(38)13-15-29/h6-8,11-16,19-20,24,30,33,42H,9-10,17-18,21,23H2,1-5H3,(H,41,45). The minimum absolute atomic E-state index is 0.0719. The largest absolute Gasteiger partial charge is 0.598 e. The lowest BCUT2D eigenvalue weighted by molar-refractivity contribution is -0.119. The zero-order valence-corrected chi connectivity index (χ0v) is 30.0. The SMILES string of the molecule is COC1CC(C(=O)Nc2cc(C(CCC3CC3)(N[S+]([O-])C(C)(C)C)c3cccc(C#N)c3)ccc2F)N(C(=O)N(C)c2ccc(Cl)cc2)C1. The maximum absolute atomic E-state index is 15.6. The van der Waals surface area contributed by atoms with Crippen molar-refractivity contribution in [1.29, 1.82) is 5.26 Å². The van der Waals surface area contributed by atoms with Gasteiger partial charge >= 0.3 is 6.03 Å². The van der Waals surface area contributed by atoms with Crippen LogP contribution in [0.2, 0.25) is 5.02 Å². The van der Waals surface area contributed by atoms with Crippen LogP contribution < -0.4 is 14.9 Å². The average molecular weight is 708 g/mol. The van der Waals surface area contributed by atoms with Gasteiger partial charge in [0, 0.05) is 49.2 Å². The lowest BCUT2D eigenvalue weighted by atomic mass is 9.79. The summed E-state index contributed by atoms with van der Waals surface area (Å²) in [5, 5.41) is 13.0. The van der Waals surface area contributed by atoms with Gasteiger partial charge in [-0.3, -0.25) is 9.69 Å². The van der Waals surface area contributed by atoms with Gasteiger partial charge in [0.05, 0.1) is 23.4 Å². The van der Waals surface area contributed by atoms with Gasteiger partial charge in [0.2, 0.25) is 5.91 Å².